The quantitative estimate of drug-likeness (QED) is 0.498. The standard InChI is InChI=1S/C23H23N7O2/c1-14-11-15(2)26-23(25-14)30-17(4)20(16(3)29-30)13-21(31)27-18-7-5-8-19(12-18)32-22-9-6-10-24-28-22/h5-12H,13H2,1-4H3,(H,27,31). The van der Waals surface area contributed by atoms with Gasteiger partial charge in [0.2, 0.25) is 11.8 Å². The lowest BCUT2D eigenvalue weighted by molar-refractivity contribution is -0.115. The molecule has 1 aromatic carbocycles. The summed E-state index contributed by atoms with van der Waals surface area (Å²) in [5.74, 6) is 1.27. The minimum atomic E-state index is -0.159. The van der Waals surface area contributed by atoms with Crippen LogP contribution < -0.4 is 10.1 Å². The van der Waals surface area contributed by atoms with E-state index in [1.165, 1.54) is 0 Å². The molecular weight excluding hydrogens is 406 g/mol. The topological polar surface area (TPSA) is 108 Å². The van der Waals surface area contributed by atoms with Gasteiger partial charge in [0.25, 0.3) is 5.95 Å². The first-order valence-corrected chi connectivity index (χ1v) is 10.1. The van der Waals surface area contributed by atoms with E-state index in [1.807, 2.05) is 33.8 Å². The summed E-state index contributed by atoms with van der Waals surface area (Å²) in [6, 6.07) is 12.5. The Morgan fingerprint density at radius 3 is 2.53 bits per heavy atom. The first-order chi connectivity index (χ1) is 15.4. The lowest BCUT2D eigenvalue weighted by atomic mass is 10.1. The molecule has 4 rings (SSSR count). The first-order valence-electron chi connectivity index (χ1n) is 10.1. The van der Waals surface area contributed by atoms with Crippen LogP contribution in [-0.4, -0.2) is 35.9 Å². The summed E-state index contributed by atoms with van der Waals surface area (Å²) in [6.07, 6.45) is 1.75. The second kappa shape index (κ2) is 8.93. The molecule has 0 aliphatic rings. The first kappa shape index (κ1) is 21.1. The van der Waals surface area contributed by atoms with Crippen molar-refractivity contribution in [3.8, 4) is 17.6 Å². The number of carbonyl (C=O) groups excluding carboxylic acids is 1. The van der Waals surface area contributed by atoms with Gasteiger partial charge in [-0.25, -0.2) is 14.6 Å². The van der Waals surface area contributed by atoms with E-state index in [9.17, 15) is 4.79 Å². The summed E-state index contributed by atoms with van der Waals surface area (Å²) < 4.78 is 7.36. The predicted molar refractivity (Wildman–Crippen MR) is 119 cm³/mol. The highest BCUT2D eigenvalue weighted by atomic mass is 16.5. The van der Waals surface area contributed by atoms with Gasteiger partial charge in [0, 0.05) is 46.7 Å². The average Bonchev–Trinajstić information content (AvgIpc) is 3.02. The maximum atomic E-state index is 12.8. The summed E-state index contributed by atoms with van der Waals surface area (Å²) in [7, 11) is 0. The minimum Gasteiger partial charge on any atom is -0.437 e. The van der Waals surface area contributed by atoms with Crippen LogP contribution in [0.15, 0.2) is 48.7 Å². The molecule has 162 valence electrons. The Morgan fingerprint density at radius 1 is 1.03 bits per heavy atom. The van der Waals surface area contributed by atoms with E-state index < -0.39 is 0 Å². The minimum absolute atomic E-state index is 0.159. The smallest absolute Gasteiger partial charge is 0.251 e. The number of anilines is 1. The summed E-state index contributed by atoms with van der Waals surface area (Å²) in [6.45, 7) is 7.63. The maximum absolute atomic E-state index is 12.8. The molecule has 0 aliphatic heterocycles. The van der Waals surface area contributed by atoms with Gasteiger partial charge < -0.3 is 10.1 Å². The molecule has 0 saturated carbocycles. The SMILES string of the molecule is Cc1cc(C)nc(-n2nc(C)c(CC(=O)Nc3cccc(Oc4cccnn4)c3)c2C)n1. The number of nitrogens with zero attached hydrogens (tertiary/aromatic N) is 6. The van der Waals surface area contributed by atoms with Gasteiger partial charge >= 0.3 is 0 Å². The molecule has 0 bridgehead atoms. The highest BCUT2D eigenvalue weighted by Gasteiger charge is 2.18. The predicted octanol–water partition coefficient (Wildman–Crippen LogP) is 3.66. The number of rotatable bonds is 6. The maximum Gasteiger partial charge on any atom is 0.251 e. The number of ether oxygens (including phenoxy) is 1. The Labute approximate surface area is 185 Å². The number of carbonyl (C=O) groups is 1. The molecule has 0 atom stereocenters. The Bertz CT molecular complexity index is 1250. The average molecular weight is 429 g/mol. The molecule has 0 saturated heterocycles. The fourth-order valence-electron chi connectivity index (χ4n) is 3.39. The zero-order valence-corrected chi connectivity index (χ0v) is 18.3. The van der Waals surface area contributed by atoms with Crippen LogP contribution >= 0.6 is 0 Å². The monoisotopic (exact) mass is 429 g/mol. The Kier molecular flexibility index (Phi) is 5.89. The van der Waals surface area contributed by atoms with Gasteiger partial charge in [-0.05, 0) is 52.0 Å². The number of nitrogens with one attached hydrogen (secondary N) is 1. The lowest BCUT2D eigenvalue weighted by Crippen LogP contribution is -2.15. The molecule has 3 heterocycles. The van der Waals surface area contributed by atoms with Crippen molar-refractivity contribution in [2.45, 2.75) is 34.1 Å². The largest absolute Gasteiger partial charge is 0.437 e. The number of benzene rings is 1. The molecule has 0 unspecified atom stereocenters. The number of hydrogen-bond donors (Lipinski definition) is 1. The molecular formula is C23H23N7O2. The highest BCUT2D eigenvalue weighted by molar-refractivity contribution is 5.92. The van der Waals surface area contributed by atoms with Gasteiger partial charge in [-0.15, -0.1) is 5.10 Å². The zero-order chi connectivity index (χ0) is 22.7. The second-order valence-electron chi connectivity index (χ2n) is 7.43. The van der Waals surface area contributed by atoms with Crippen LogP contribution in [0, 0.1) is 27.7 Å². The number of aromatic nitrogens is 6. The number of hydrogen-bond acceptors (Lipinski definition) is 7. The van der Waals surface area contributed by atoms with Crippen molar-refractivity contribution in [3.05, 3.63) is 77.0 Å². The molecule has 4 aromatic rings. The fourth-order valence-corrected chi connectivity index (χ4v) is 3.39. The number of amides is 1. The molecule has 9 nitrogen and oxygen atoms in total. The normalized spacial score (nSPS) is 10.8. The van der Waals surface area contributed by atoms with E-state index in [2.05, 4.69) is 30.6 Å². The van der Waals surface area contributed by atoms with E-state index >= 15 is 0 Å². The Morgan fingerprint density at radius 2 is 1.81 bits per heavy atom. The third kappa shape index (κ3) is 4.77. The summed E-state index contributed by atoms with van der Waals surface area (Å²) in [5, 5.41) is 15.2. The summed E-state index contributed by atoms with van der Waals surface area (Å²) in [4.78, 5) is 21.7. The molecule has 0 spiro atoms. The van der Waals surface area contributed by atoms with Crippen molar-refractivity contribution in [1.29, 1.82) is 0 Å². The van der Waals surface area contributed by atoms with Crippen molar-refractivity contribution < 1.29 is 9.53 Å². The van der Waals surface area contributed by atoms with E-state index in [-0.39, 0.29) is 12.3 Å². The fraction of sp³-hybridized carbons (Fsp3) is 0.217. The van der Waals surface area contributed by atoms with Crippen molar-refractivity contribution >= 4 is 11.6 Å². The van der Waals surface area contributed by atoms with Gasteiger partial charge in [0.1, 0.15) is 5.75 Å². The number of aryl methyl sites for hydroxylation is 3. The van der Waals surface area contributed by atoms with Crippen LogP contribution in [-0.2, 0) is 11.2 Å². The van der Waals surface area contributed by atoms with Gasteiger partial charge in [0.05, 0.1) is 12.1 Å². The Balaban J connectivity index is 1.49. The van der Waals surface area contributed by atoms with Crippen molar-refractivity contribution in [2.75, 3.05) is 5.32 Å². The molecule has 0 aliphatic carbocycles. The zero-order valence-electron chi connectivity index (χ0n) is 18.3. The van der Waals surface area contributed by atoms with Gasteiger partial charge in [-0.1, -0.05) is 6.07 Å². The van der Waals surface area contributed by atoms with Crippen molar-refractivity contribution in [2.24, 2.45) is 0 Å². The molecule has 0 radical (unpaired) electrons. The summed E-state index contributed by atoms with van der Waals surface area (Å²) >= 11 is 0. The molecule has 1 amide bonds. The van der Waals surface area contributed by atoms with Crippen molar-refractivity contribution in [1.82, 2.24) is 29.9 Å². The van der Waals surface area contributed by atoms with E-state index in [0.29, 0.717) is 23.3 Å². The lowest BCUT2D eigenvalue weighted by Gasteiger charge is -2.09. The molecule has 32 heavy (non-hydrogen) atoms. The molecule has 0 fully saturated rings. The third-order valence-electron chi connectivity index (χ3n) is 4.83. The second-order valence-corrected chi connectivity index (χ2v) is 7.43. The van der Waals surface area contributed by atoms with E-state index in [1.54, 1.807) is 47.3 Å². The Hall–Kier alpha value is -4.14. The van der Waals surface area contributed by atoms with Crippen LogP contribution in [0.4, 0.5) is 5.69 Å². The van der Waals surface area contributed by atoms with Crippen LogP contribution in [0.5, 0.6) is 11.6 Å². The van der Waals surface area contributed by atoms with Crippen LogP contribution in [0.25, 0.3) is 5.95 Å². The molecule has 3 aromatic heterocycles. The van der Waals surface area contributed by atoms with Crippen LogP contribution in [0.3, 0.4) is 0 Å². The van der Waals surface area contributed by atoms with Gasteiger partial charge in [-0.2, -0.15) is 10.2 Å². The molecule has 9 heteroatoms. The molecule has 1 N–H and O–H groups in total. The van der Waals surface area contributed by atoms with E-state index in [0.717, 1.165) is 28.3 Å². The highest BCUT2D eigenvalue weighted by Crippen LogP contribution is 2.23. The third-order valence-corrected chi connectivity index (χ3v) is 4.83. The van der Waals surface area contributed by atoms with Gasteiger partial charge in [0.15, 0.2) is 0 Å². The van der Waals surface area contributed by atoms with Crippen molar-refractivity contribution in [3.63, 3.8) is 0 Å². The van der Waals surface area contributed by atoms with Gasteiger partial charge in [-0.3, -0.25) is 4.79 Å². The van der Waals surface area contributed by atoms with Crippen LogP contribution in [0.1, 0.15) is 28.3 Å². The van der Waals surface area contributed by atoms with Crippen LogP contribution in [0.2, 0.25) is 0 Å². The summed E-state index contributed by atoms with van der Waals surface area (Å²) in [5.41, 5.74) is 4.79. The van der Waals surface area contributed by atoms with E-state index in [4.69, 9.17) is 4.74 Å².